The van der Waals surface area contributed by atoms with Gasteiger partial charge in [-0.25, -0.2) is 0 Å². The van der Waals surface area contributed by atoms with Crippen molar-refractivity contribution in [1.29, 1.82) is 0 Å². The van der Waals surface area contributed by atoms with Crippen molar-refractivity contribution in [3.63, 3.8) is 0 Å². The van der Waals surface area contributed by atoms with Crippen molar-refractivity contribution in [3.05, 3.63) is 0 Å². The van der Waals surface area contributed by atoms with Gasteiger partial charge in [0, 0.05) is 30.7 Å². The third kappa shape index (κ3) is 5.03. The van der Waals surface area contributed by atoms with Gasteiger partial charge in [0.15, 0.2) is 0 Å². The van der Waals surface area contributed by atoms with Crippen molar-refractivity contribution in [2.75, 3.05) is 46.4 Å². The Morgan fingerprint density at radius 2 is 2.00 bits per heavy atom. The lowest BCUT2D eigenvalue weighted by Gasteiger charge is -2.45. The Hall–Kier alpha value is -0.160. The van der Waals surface area contributed by atoms with E-state index in [4.69, 9.17) is 0 Å². The van der Waals surface area contributed by atoms with Crippen molar-refractivity contribution in [2.45, 2.75) is 51.6 Å². The normalized spacial score (nSPS) is 24.3. The Morgan fingerprint density at radius 1 is 1.32 bits per heavy atom. The van der Waals surface area contributed by atoms with Crippen molar-refractivity contribution in [2.24, 2.45) is 0 Å². The van der Waals surface area contributed by atoms with E-state index in [1.54, 1.807) is 0 Å². The Bertz CT molecular complexity index is 270. The molecule has 1 fully saturated rings. The van der Waals surface area contributed by atoms with E-state index in [9.17, 15) is 5.11 Å². The highest BCUT2D eigenvalue weighted by Gasteiger charge is 2.31. The lowest BCUT2D eigenvalue weighted by Crippen LogP contribution is -2.57. The van der Waals surface area contributed by atoms with Gasteiger partial charge < -0.3 is 15.3 Å². The fourth-order valence-electron chi connectivity index (χ4n) is 2.87. The molecule has 0 radical (unpaired) electrons. The average molecular weight is 271 g/mol. The minimum absolute atomic E-state index is 0.114. The van der Waals surface area contributed by atoms with Crippen LogP contribution in [0.1, 0.15) is 40.5 Å². The molecule has 1 rings (SSSR count). The molecule has 0 aromatic heterocycles. The van der Waals surface area contributed by atoms with Gasteiger partial charge in [-0.3, -0.25) is 4.90 Å². The van der Waals surface area contributed by atoms with Crippen molar-refractivity contribution >= 4 is 0 Å². The zero-order valence-electron chi connectivity index (χ0n) is 13.5. The summed E-state index contributed by atoms with van der Waals surface area (Å²) in [6.45, 7) is 14.6. The summed E-state index contributed by atoms with van der Waals surface area (Å²) in [7, 11) is 2.21. The molecular weight excluding hydrogens is 238 g/mol. The van der Waals surface area contributed by atoms with Crippen LogP contribution in [0.5, 0.6) is 0 Å². The van der Waals surface area contributed by atoms with Crippen LogP contribution in [0.3, 0.4) is 0 Å². The number of hydrogen-bond donors (Lipinski definition) is 2. The van der Waals surface area contributed by atoms with Crippen LogP contribution in [0, 0.1) is 0 Å². The van der Waals surface area contributed by atoms with Gasteiger partial charge in [-0.2, -0.15) is 0 Å². The van der Waals surface area contributed by atoms with Crippen LogP contribution < -0.4 is 5.32 Å². The summed E-state index contributed by atoms with van der Waals surface area (Å²) in [5.74, 6) is 0. The predicted molar refractivity (Wildman–Crippen MR) is 81.6 cm³/mol. The molecule has 0 spiro atoms. The standard InChI is InChI=1S/C15H33N3O/c1-6-16-15(4,13-19)8-7-9-18-11-10-17(5)14(2,3)12-18/h16,19H,6-13H2,1-5H3. The highest BCUT2D eigenvalue weighted by Crippen LogP contribution is 2.20. The summed E-state index contributed by atoms with van der Waals surface area (Å²) in [5, 5.41) is 12.9. The van der Waals surface area contributed by atoms with E-state index in [1.807, 2.05) is 0 Å². The van der Waals surface area contributed by atoms with Crippen LogP contribution in [0.2, 0.25) is 0 Å². The van der Waals surface area contributed by atoms with Gasteiger partial charge in [0.2, 0.25) is 0 Å². The molecule has 1 atom stereocenters. The first-order chi connectivity index (χ1) is 8.83. The summed E-state index contributed by atoms with van der Waals surface area (Å²) in [6, 6.07) is 0. The largest absolute Gasteiger partial charge is 0.394 e. The van der Waals surface area contributed by atoms with E-state index in [0.717, 1.165) is 45.6 Å². The van der Waals surface area contributed by atoms with E-state index in [-0.39, 0.29) is 17.7 Å². The van der Waals surface area contributed by atoms with Crippen LogP contribution >= 0.6 is 0 Å². The smallest absolute Gasteiger partial charge is 0.0610 e. The van der Waals surface area contributed by atoms with E-state index in [0.29, 0.717) is 0 Å². The molecule has 0 aromatic rings. The maximum atomic E-state index is 9.49. The second-order valence-electron chi connectivity index (χ2n) is 6.86. The maximum absolute atomic E-state index is 9.49. The average Bonchev–Trinajstić information content (AvgIpc) is 2.34. The van der Waals surface area contributed by atoms with E-state index in [1.165, 1.54) is 0 Å². The van der Waals surface area contributed by atoms with Gasteiger partial charge in [-0.15, -0.1) is 0 Å². The lowest BCUT2D eigenvalue weighted by molar-refractivity contribution is 0.0374. The molecule has 1 aliphatic heterocycles. The molecule has 19 heavy (non-hydrogen) atoms. The fraction of sp³-hybridized carbons (Fsp3) is 1.00. The van der Waals surface area contributed by atoms with Gasteiger partial charge in [0.25, 0.3) is 0 Å². The van der Waals surface area contributed by atoms with E-state index < -0.39 is 0 Å². The van der Waals surface area contributed by atoms with Gasteiger partial charge in [0.05, 0.1) is 6.61 Å². The van der Waals surface area contributed by atoms with Crippen LogP contribution in [0.25, 0.3) is 0 Å². The zero-order chi connectivity index (χ0) is 14.5. The Balaban J connectivity index is 2.33. The third-order valence-corrected chi connectivity index (χ3v) is 4.55. The Morgan fingerprint density at radius 3 is 2.53 bits per heavy atom. The number of rotatable bonds is 7. The minimum atomic E-state index is -0.114. The van der Waals surface area contributed by atoms with Gasteiger partial charge in [-0.05, 0) is 53.8 Å². The molecule has 1 heterocycles. The highest BCUT2D eigenvalue weighted by molar-refractivity contribution is 4.89. The van der Waals surface area contributed by atoms with Gasteiger partial charge >= 0.3 is 0 Å². The van der Waals surface area contributed by atoms with E-state index >= 15 is 0 Å². The zero-order valence-corrected chi connectivity index (χ0v) is 13.5. The number of aliphatic hydroxyl groups is 1. The first-order valence-corrected chi connectivity index (χ1v) is 7.62. The molecule has 1 unspecified atom stereocenters. The summed E-state index contributed by atoms with van der Waals surface area (Å²) >= 11 is 0. The first-order valence-electron chi connectivity index (χ1n) is 7.62. The van der Waals surface area contributed by atoms with Crippen LogP contribution in [-0.2, 0) is 0 Å². The fourth-order valence-corrected chi connectivity index (χ4v) is 2.87. The number of nitrogens with zero attached hydrogens (tertiary/aromatic N) is 2. The van der Waals surface area contributed by atoms with E-state index in [2.05, 4.69) is 49.9 Å². The summed E-state index contributed by atoms with van der Waals surface area (Å²) in [4.78, 5) is 5.00. The monoisotopic (exact) mass is 271 g/mol. The quantitative estimate of drug-likeness (QED) is 0.729. The van der Waals surface area contributed by atoms with Gasteiger partial charge in [-0.1, -0.05) is 6.92 Å². The second-order valence-corrected chi connectivity index (χ2v) is 6.86. The van der Waals surface area contributed by atoms with Crippen molar-refractivity contribution in [3.8, 4) is 0 Å². The van der Waals surface area contributed by atoms with Crippen molar-refractivity contribution < 1.29 is 5.11 Å². The summed E-state index contributed by atoms with van der Waals surface area (Å²) < 4.78 is 0. The Labute approximate surface area is 119 Å². The number of hydrogen-bond acceptors (Lipinski definition) is 4. The number of aliphatic hydroxyl groups excluding tert-OH is 1. The molecule has 114 valence electrons. The molecule has 0 amide bonds. The number of piperazine rings is 1. The maximum Gasteiger partial charge on any atom is 0.0610 e. The van der Waals surface area contributed by atoms with Crippen LogP contribution in [-0.4, -0.2) is 72.4 Å². The molecule has 0 bridgehead atoms. The molecule has 2 N–H and O–H groups in total. The molecule has 1 saturated heterocycles. The minimum Gasteiger partial charge on any atom is -0.394 e. The van der Waals surface area contributed by atoms with Gasteiger partial charge in [0.1, 0.15) is 0 Å². The second kappa shape index (κ2) is 7.02. The van der Waals surface area contributed by atoms with Crippen molar-refractivity contribution in [1.82, 2.24) is 15.1 Å². The molecule has 4 nitrogen and oxygen atoms in total. The molecule has 1 aliphatic rings. The Kier molecular flexibility index (Phi) is 6.24. The first kappa shape index (κ1) is 16.9. The number of likely N-dealkylation sites (N-methyl/N-ethyl adjacent to an activating group) is 2. The van der Waals surface area contributed by atoms with Crippen LogP contribution in [0.15, 0.2) is 0 Å². The number of nitrogens with one attached hydrogen (secondary N) is 1. The molecule has 0 aromatic carbocycles. The molecule has 0 aliphatic carbocycles. The molecule has 0 saturated carbocycles. The molecular formula is C15H33N3O. The SMILES string of the molecule is CCNC(C)(CO)CCCN1CCN(C)C(C)(C)C1. The third-order valence-electron chi connectivity index (χ3n) is 4.55. The lowest BCUT2D eigenvalue weighted by atomic mass is 9.95. The highest BCUT2D eigenvalue weighted by atomic mass is 16.3. The topological polar surface area (TPSA) is 38.7 Å². The van der Waals surface area contributed by atoms with Crippen LogP contribution in [0.4, 0.5) is 0 Å². The summed E-state index contributed by atoms with van der Waals surface area (Å²) in [5.41, 5.74) is 0.164. The predicted octanol–water partition coefficient (Wildman–Crippen LogP) is 1.15. The summed E-state index contributed by atoms with van der Waals surface area (Å²) in [6.07, 6.45) is 2.17. The molecule has 4 heteroatoms.